The molecule has 12 heavy (non-hydrogen) atoms. The molecule has 0 amide bonds. The van der Waals surface area contributed by atoms with Crippen LogP contribution in [0.1, 0.15) is 11.8 Å². The van der Waals surface area contributed by atoms with Gasteiger partial charge in [-0.05, 0) is 6.92 Å². The van der Waals surface area contributed by atoms with Crippen molar-refractivity contribution in [3.63, 3.8) is 0 Å². The number of anilines is 1. The molecule has 0 aliphatic heterocycles. The second kappa shape index (κ2) is 4.02. The van der Waals surface area contributed by atoms with Crippen LogP contribution in [0.4, 0.5) is 5.13 Å². The molecule has 1 aromatic heterocycles. The van der Waals surface area contributed by atoms with E-state index in [0.29, 0.717) is 15.0 Å². The van der Waals surface area contributed by atoms with E-state index >= 15 is 0 Å². The number of halogens is 1. The van der Waals surface area contributed by atoms with E-state index in [1.54, 1.807) is 0 Å². The molecule has 3 nitrogen and oxygen atoms in total. The lowest BCUT2D eigenvalue weighted by atomic mass is 10.6. The van der Waals surface area contributed by atoms with E-state index in [1.165, 1.54) is 11.3 Å². The molecule has 0 atom stereocenters. The molecule has 1 heterocycles. The van der Waals surface area contributed by atoms with Gasteiger partial charge in [0.2, 0.25) is 0 Å². The minimum Gasteiger partial charge on any atom is -0.389 e. The predicted octanol–water partition coefficient (Wildman–Crippen LogP) is 1.86. The number of nitrogens with zero attached hydrogens (tertiary/aromatic N) is 1. The normalized spacial score (nSPS) is 9.83. The van der Waals surface area contributed by atoms with E-state index in [-0.39, 0.29) is 0 Å². The third-order valence-corrected chi connectivity index (χ3v) is 2.90. The summed E-state index contributed by atoms with van der Waals surface area (Å²) in [6, 6.07) is 0. The Labute approximate surface area is 84.9 Å². The fraction of sp³-hybridized carbons (Fsp3) is 0.333. The SMILES string of the molecule is CCNc1nc(Cl)c(C(N)=S)s1. The summed E-state index contributed by atoms with van der Waals surface area (Å²) in [4.78, 5) is 4.99. The van der Waals surface area contributed by atoms with Crippen LogP contribution in [0.5, 0.6) is 0 Å². The largest absolute Gasteiger partial charge is 0.389 e. The molecule has 0 spiro atoms. The zero-order valence-electron chi connectivity index (χ0n) is 6.43. The number of nitrogens with one attached hydrogen (secondary N) is 1. The molecule has 3 N–H and O–H groups in total. The maximum Gasteiger partial charge on any atom is 0.184 e. The van der Waals surface area contributed by atoms with Gasteiger partial charge >= 0.3 is 0 Å². The first kappa shape index (κ1) is 9.70. The van der Waals surface area contributed by atoms with Crippen molar-refractivity contribution >= 4 is 45.3 Å². The maximum absolute atomic E-state index is 5.77. The molecule has 0 radical (unpaired) electrons. The zero-order chi connectivity index (χ0) is 9.14. The number of rotatable bonds is 3. The lowest BCUT2D eigenvalue weighted by Gasteiger charge is -1.92. The van der Waals surface area contributed by atoms with Gasteiger partial charge in [-0.15, -0.1) is 0 Å². The Morgan fingerprint density at radius 1 is 1.83 bits per heavy atom. The Morgan fingerprint density at radius 2 is 2.50 bits per heavy atom. The Kier molecular flexibility index (Phi) is 3.25. The lowest BCUT2D eigenvalue weighted by molar-refractivity contribution is 1.19. The average molecular weight is 222 g/mol. The van der Waals surface area contributed by atoms with Gasteiger partial charge in [0, 0.05) is 6.54 Å². The molecular weight excluding hydrogens is 214 g/mol. The number of nitrogens with two attached hydrogens (primary N) is 1. The van der Waals surface area contributed by atoms with Gasteiger partial charge < -0.3 is 11.1 Å². The molecule has 0 aliphatic carbocycles. The van der Waals surface area contributed by atoms with Crippen molar-refractivity contribution in [1.82, 2.24) is 4.98 Å². The fourth-order valence-electron chi connectivity index (χ4n) is 0.680. The molecule has 1 aromatic rings. The summed E-state index contributed by atoms with van der Waals surface area (Å²) < 4.78 is 0. The first-order chi connectivity index (χ1) is 5.65. The highest BCUT2D eigenvalue weighted by atomic mass is 35.5. The van der Waals surface area contributed by atoms with Gasteiger partial charge in [-0.2, -0.15) is 0 Å². The number of aromatic nitrogens is 1. The topological polar surface area (TPSA) is 50.9 Å². The number of thiazole rings is 1. The fourth-order valence-corrected chi connectivity index (χ4v) is 2.09. The second-order valence-electron chi connectivity index (χ2n) is 2.03. The Morgan fingerprint density at radius 3 is 2.92 bits per heavy atom. The predicted molar refractivity (Wildman–Crippen MR) is 57.2 cm³/mol. The third-order valence-electron chi connectivity index (χ3n) is 1.14. The number of hydrogen-bond acceptors (Lipinski definition) is 4. The van der Waals surface area contributed by atoms with Crippen molar-refractivity contribution in [1.29, 1.82) is 0 Å². The molecule has 0 aliphatic rings. The van der Waals surface area contributed by atoms with Crippen LogP contribution in [0, 0.1) is 0 Å². The summed E-state index contributed by atoms with van der Waals surface area (Å²) in [6.07, 6.45) is 0. The third kappa shape index (κ3) is 2.06. The molecule has 6 heteroatoms. The van der Waals surface area contributed by atoms with Crippen molar-refractivity contribution in [2.45, 2.75) is 6.92 Å². The smallest absolute Gasteiger partial charge is 0.184 e. The summed E-state index contributed by atoms with van der Waals surface area (Å²) >= 11 is 11.9. The summed E-state index contributed by atoms with van der Waals surface area (Å²) in [6.45, 7) is 2.79. The van der Waals surface area contributed by atoms with Crippen molar-refractivity contribution in [3.05, 3.63) is 10.0 Å². The minimum absolute atomic E-state index is 0.293. The maximum atomic E-state index is 5.77. The van der Waals surface area contributed by atoms with Crippen LogP contribution in [0.3, 0.4) is 0 Å². The van der Waals surface area contributed by atoms with E-state index in [0.717, 1.165) is 11.7 Å². The van der Waals surface area contributed by atoms with Crippen molar-refractivity contribution in [2.75, 3.05) is 11.9 Å². The molecule has 0 saturated heterocycles. The highest BCUT2D eigenvalue weighted by Crippen LogP contribution is 2.26. The van der Waals surface area contributed by atoms with Crippen molar-refractivity contribution in [2.24, 2.45) is 5.73 Å². The Balaban J connectivity index is 2.92. The zero-order valence-corrected chi connectivity index (χ0v) is 8.82. The first-order valence-corrected chi connectivity index (χ1v) is 4.95. The minimum atomic E-state index is 0.293. The molecule has 0 bridgehead atoms. The van der Waals surface area contributed by atoms with Gasteiger partial charge in [0.05, 0.1) is 0 Å². The highest BCUT2D eigenvalue weighted by Gasteiger charge is 2.10. The molecule has 66 valence electrons. The van der Waals surface area contributed by atoms with Crippen LogP contribution in [-0.2, 0) is 0 Å². The van der Waals surface area contributed by atoms with E-state index in [1.807, 2.05) is 6.92 Å². The first-order valence-electron chi connectivity index (χ1n) is 3.35. The van der Waals surface area contributed by atoms with Crippen LogP contribution >= 0.6 is 35.2 Å². The van der Waals surface area contributed by atoms with Crippen LogP contribution in [0.15, 0.2) is 0 Å². The van der Waals surface area contributed by atoms with Crippen molar-refractivity contribution in [3.8, 4) is 0 Å². The van der Waals surface area contributed by atoms with Gasteiger partial charge in [-0.1, -0.05) is 35.2 Å². The molecular formula is C6H8ClN3S2. The number of hydrogen-bond donors (Lipinski definition) is 2. The van der Waals surface area contributed by atoms with E-state index in [9.17, 15) is 0 Å². The van der Waals surface area contributed by atoms with E-state index in [4.69, 9.17) is 29.6 Å². The lowest BCUT2D eigenvalue weighted by Crippen LogP contribution is -2.07. The highest BCUT2D eigenvalue weighted by molar-refractivity contribution is 7.81. The molecule has 0 fully saturated rings. The van der Waals surface area contributed by atoms with Gasteiger partial charge in [-0.3, -0.25) is 0 Å². The summed E-state index contributed by atoms with van der Waals surface area (Å²) in [5.41, 5.74) is 5.41. The Hall–Kier alpha value is -0.390. The van der Waals surface area contributed by atoms with Gasteiger partial charge in [0.25, 0.3) is 0 Å². The molecule has 0 aromatic carbocycles. The van der Waals surface area contributed by atoms with Gasteiger partial charge in [0.1, 0.15) is 9.87 Å². The van der Waals surface area contributed by atoms with Crippen LogP contribution in [0.25, 0.3) is 0 Å². The quantitative estimate of drug-likeness (QED) is 0.766. The standard InChI is InChI=1S/C6H8ClN3S2/c1-2-9-6-10-4(7)3(12-6)5(8)11/h2H2,1H3,(H2,8,11)(H,9,10). The average Bonchev–Trinajstić information content (AvgIpc) is 2.32. The van der Waals surface area contributed by atoms with E-state index in [2.05, 4.69) is 10.3 Å². The summed E-state index contributed by atoms with van der Waals surface area (Å²) in [5.74, 6) is 0. The summed E-state index contributed by atoms with van der Waals surface area (Å²) in [5, 5.41) is 4.16. The Bertz CT molecular complexity index is 297. The van der Waals surface area contributed by atoms with Crippen LogP contribution in [-0.4, -0.2) is 16.5 Å². The number of thiocarbonyl (C=S) groups is 1. The van der Waals surface area contributed by atoms with Crippen LogP contribution < -0.4 is 11.1 Å². The van der Waals surface area contributed by atoms with Gasteiger partial charge in [-0.25, -0.2) is 4.98 Å². The monoisotopic (exact) mass is 221 g/mol. The molecule has 0 unspecified atom stereocenters. The second-order valence-corrected chi connectivity index (χ2v) is 3.83. The van der Waals surface area contributed by atoms with Crippen molar-refractivity contribution < 1.29 is 0 Å². The van der Waals surface area contributed by atoms with E-state index < -0.39 is 0 Å². The molecule has 0 saturated carbocycles. The van der Waals surface area contributed by atoms with Crippen LogP contribution in [0.2, 0.25) is 5.15 Å². The molecule has 1 rings (SSSR count). The van der Waals surface area contributed by atoms with Gasteiger partial charge in [0.15, 0.2) is 10.3 Å². The summed E-state index contributed by atoms with van der Waals surface area (Å²) in [7, 11) is 0.